The highest BCUT2D eigenvalue weighted by molar-refractivity contribution is 6.32. The van der Waals surface area contributed by atoms with Gasteiger partial charge in [0, 0.05) is 11.8 Å². The van der Waals surface area contributed by atoms with Gasteiger partial charge in [-0.15, -0.1) is 11.6 Å². The third-order valence-electron chi connectivity index (χ3n) is 1.87. The van der Waals surface area contributed by atoms with Gasteiger partial charge in [0.25, 0.3) is 0 Å². The zero-order valence-corrected chi connectivity index (χ0v) is 9.90. The Kier molecular flexibility index (Phi) is 4.56. The summed E-state index contributed by atoms with van der Waals surface area (Å²) in [5, 5.41) is 0.659. The highest BCUT2D eigenvalue weighted by Crippen LogP contribution is 2.25. The maximum absolute atomic E-state index is 6.00. The number of aryl methyl sites for hydroxylation is 1. The van der Waals surface area contributed by atoms with Crippen LogP contribution in [0.2, 0.25) is 5.02 Å². The SMILES string of the molecule is Cc1ccc(OCC(C)CCl)c(Cl)c1. The van der Waals surface area contributed by atoms with Gasteiger partial charge in [0.1, 0.15) is 5.75 Å². The van der Waals surface area contributed by atoms with Crippen LogP contribution in [0.25, 0.3) is 0 Å². The third-order valence-corrected chi connectivity index (χ3v) is 2.70. The maximum atomic E-state index is 6.00. The molecule has 1 rings (SSSR count). The molecule has 0 spiro atoms. The van der Waals surface area contributed by atoms with Crippen LogP contribution >= 0.6 is 23.2 Å². The van der Waals surface area contributed by atoms with Gasteiger partial charge in [-0.05, 0) is 24.6 Å². The van der Waals surface area contributed by atoms with Crippen molar-refractivity contribution in [1.82, 2.24) is 0 Å². The summed E-state index contributed by atoms with van der Waals surface area (Å²) < 4.78 is 5.53. The molecule has 1 aromatic carbocycles. The second-order valence-electron chi connectivity index (χ2n) is 3.50. The van der Waals surface area contributed by atoms with Crippen molar-refractivity contribution >= 4 is 23.2 Å². The first-order chi connectivity index (χ1) is 6.63. The molecular formula is C11H14Cl2O. The van der Waals surface area contributed by atoms with Crippen LogP contribution in [0.1, 0.15) is 12.5 Å². The molecule has 1 unspecified atom stereocenters. The van der Waals surface area contributed by atoms with Crippen LogP contribution in [0.4, 0.5) is 0 Å². The summed E-state index contributed by atoms with van der Waals surface area (Å²) in [5.74, 6) is 1.67. The van der Waals surface area contributed by atoms with Crippen LogP contribution in [0.15, 0.2) is 18.2 Å². The molecule has 0 aliphatic heterocycles. The van der Waals surface area contributed by atoms with Crippen molar-refractivity contribution in [3.8, 4) is 5.75 Å². The predicted molar refractivity (Wildman–Crippen MR) is 61.6 cm³/mol. The molecule has 0 radical (unpaired) electrons. The molecule has 0 fully saturated rings. The summed E-state index contributed by atoms with van der Waals surface area (Å²) in [6.07, 6.45) is 0. The number of rotatable bonds is 4. The van der Waals surface area contributed by atoms with E-state index in [4.69, 9.17) is 27.9 Å². The monoisotopic (exact) mass is 232 g/mol. The van der Waals surface area contributed by atoms with Crippen molar-refractivity contribution in [1.29, 1.82) is 0 Å². The Morgan fingerprint density at radius 2 is 2.14 bits per heavy atom. The van der Waals surface area contributed by atoms with E-state index >= 15 is 0 Å². The van der Waals surface area contributed by atoms with E-state index in [1.807, 2.05) is 32.0 Å². The Balaban J connectivity index is 2.59. The molecule has 0 aromatic heterocycles. The van der Waals surface area contributed by atoms with Crippen LogP contribution < -0.4 is 4.74 Å². The molecule has 0 heterocycles. The Morgan fingerprint density at radius 3 is 2.71 bits per heavy atom. The zero-order valence-electron chi connectivity index (χ0n) is 8.39. The average Bonchev–Trinajstić information content (AvgIpc) is 2.16. The van der Waals surface area contributed by atoms with Gasteiger partial charge in [0.15, 0.2) is 0 Å². The van der Waals surface area contributed by atoms with Crippen LogP contribution in [-0.2, 0) is 0 Å². The van der Waals surface area contributed by atoms with Gasteiger partial charge in [-0.1, -0.05) is 24.6 Å². The van der Waals surface area contributed by atoms with E-state index in [0.717, 1.165) is 11.3 Å². The predicted octanol–water partition coefficient (Wildman–Crippen LogP) is 3.90. The van der Waals surface area contributed by atoms with E-state index < -0.39 is 0 Å². The number of benzene rings is 1. The summed E-state index contributed by atoms with van der Waals surface area (Å²) in [5.41, 5.74) is 1.13. The normalized spacial score (nSPS) is 12.6. The van der Waals surface area contributed by atoms with Crippen LogP contribution in [0, 0.1) is 12.8 Å². The molecule has 14 heavy (non-hydrogen) atoms. The Hall–Kier alpha value is -0.400. The molecule has 1 nitrogen and oxygen atoms in total. The fourth-order valence-corrected chi connectivity index (χ4v) is 1.38. The number of alkyl halides is 1. The van der Waals surface area contributed by atoms with Gasteiger partial charge < -0.3 is 4.74 Å². The standard InChI is InChI=1S/C11H14Cl2O/c1-8-3-4-11(10(13)5-8)14-7-9(2)6-12/h3-5,9H,6-7H2,1-2H3. The molecule has 0 aliphatic rings. The second-order valence-corrected chi connectivity index (χ2v) is 4.22. The lowest BCUT2D eigenvalue weighted by Gasteiger charge is -2.11. The van der Waals surface area contributed by atoms with Crippen LogP contribution in [-0.4, -0.2) is 12.5 Å². The summed E-state index contributed by atoms with van der Waals surface area (Å²) in [6.45, 7) is 4.64. The summed E-state index contributed by atoms with van der Waals surface area (Å²) in [4.78, 5) is 0. The Morgan fingerprint density at radius 1 is 1.43 bits per heavy atom. The van der Waals surface area contributed by atoms with E-state index in [1.54, 1.807) is 0 Å². The van der Waals surface area contributed by atoms with Gasteiger partial charge in [-0.2, -0.15) is 0 Å². The van der Waals surface area contributed by atoms with Crippen LogP contribution in [0.5, 0.6) is 5.75 Å². The lowest BCUT2D eigenvalue weighted by molar-refractivity contribution is 0.273. The van der Waals surface area contributed by atoms with Crippen molar-refractivity contribution in [2.24, 2.45) is 5.92 Å². The van der Waals surface area contributed by atoms with Crippen molar-refractivity contribution < 1.29 is 4.74 Å². The quantitative estimate of drug-likeness (QED) is 0.716. The number of hydrogen-bond acceptors (Lipinski definition) is 1. The minimum Gasteiger partial charge on any atom is -0.492 e. The minimum atomic E-state index is 0.342. The molecular weight excluding hydrogens is 219 g/mol. The highest BCUT2D eigenvalue weighted by Gasteiger charge is 2.04. The molecule has 3 heteroatoms. The number of halogens is 2. The first kappa shape index (κ1) is 11.7. The van der Waals surface area contributed by atoms with Crippen molar-refractivity contribution in [2.75, 3.05) is 12.5 Å². The summed E-state index contributed by atoms with van der Waals surface area (Å²) in [6, 6.07) is 5.76. The van der Waals surface area contributed by atoms with E-state index in [1.165, 1.54) is 0 Å². The fraction of sp³-hybridized carbons (Fsp3) is 0.455. The molecule has 78 valence electrons. The lowest BCUT2D eigenvalue weighted by atomic mass is 10.2. The topological polar surface area (TPSA) is 9.23 Å². The van der Waals surface area contributed by atoms with Crippen molar-refractivity contribution in [3.63, 3.8) is 0 Å². The van der Waals surface area contributed by atoms with E-state index in [0.29, 0.717) is 23.4 Å². The molecule has 0 N–H and O–H groups in total. The van der Waals surface area contributed by atoms with Crippen LogP contribution in [0.3, 0.4) is 0 Å². The van der Waals surface area contributed by atoms with E-state index in [9.17, 15) is 0 Å². The first-order valence-electron chi connectivity index (χ1n) is 4.58. The molecule has 1 atom stereocenters. The molecule has 1 aromatic rings. The van der Waals surface area contributed by atoms with Gasteiger partial charge in [-0.25, -0.2) is 0 Å². The zero-order chi connectivity index (χ0) is 10.6. The maximum Gasteiger partial charge on any atom is 0.137 e. The molecule has 0 amide bonds. The molecule has 0 saturated carbocycles. The highest BCUT2D eigenvalue weighted by atomic mass is 35.5. The lowest BCUT2D eigenvalue weighted by Crippen LogP contribution is -2.09. The molecule has 0 saturated heterocycles. The number of ether oxygens (including phenoxy) is 1. The summed E-state index contributed by atoms with van der Waals surface area (Å²) >= 11 is 11.7. The van der Waals surface area contributed by atoms with E-state index in [2.05, 4.69) is 0 Å². The first-order valence-corrected chi connectivity index (χ1v) is 5.49. The number of hydrogen-bond donors (Lipinski definition) is 0. The van der Waals surface area contributed by atoms with Gasteiger partial charge >= 0.3 is 0 Å². The van der Waals surface area contributed by atoms with Crippen molar-refractivity contribution in [3.05, 3.63) is 28.8 Å². The second kappa shape index (κ2) is 5.47. The fourth-order valence-electron chi connectivity index (χ4n) is 1.000. The smallest absolute Gasteiger partial charge is 0.137 e. The van der Waals surface area contributed by atoms with E-state index in [-0.39, 0.29) is 0 Å². The van der Waals surface area contributed by atoms with Gasteiger partial charge in [0.2, 0.25) is 0 Å². The minimum absolute atomic E-state index is 0.342. The Bertz CT molecular complexity index is 299. The van der Waals surface area contributed by atoms with Gasteiger partial charge in [0.05, 0.1) is 11.6 Å². The summed E-state index contributed by atoms with van der Waals surface area (Å²) in [7, 11) is 0. The molecule has 0 aliphatic carbocycles. The van der Waals surface area contributed by atoms with Crippen molar-refractivity contribution in [2.45, 2.75) is 13.8 Å². The van der Waals surface area contributed by atoms with Gasteiger partial charge in [-0.3, -0.25) is 0 Å². The third kappa shape index (κ3) is 3.39. The average molecular weight is 233 g/mol. The largest absolute Gasteiger partial charge is 0.492 e. The molecule has 0 bridgehead atoms. The Labute approximate surface area is 95.0 Å².